The number of rotatable bonds is 8. The number of carbonyl (C=O) groups is 2. The summed E-state index contributed by atoms with van der Waals surface area (Å²) >= 11 is 0. The second-order valence-corrected chi connectivity index (χ2v) is 5.72. The number of methoxy groups -OCH3 is 2. The molecule has 0 aliphatic carbocycles. The molecule has 3 rings (SSSR count). The minimum Gasteiger partial charge on any atom is -0.493 e. The zero-order valence-electron chi connectivity index (χ0n) is 15.8. The summed E-state index contributed by atoms with van der Waals surface area (Å²) in [4.78, 5) is 23.5. The predicted octanol–water partition coefficient (Wildman–Crippen LogP) is 1.57. The maximum absolute atomic E-state index is 11.8. The van der Waals surface area contributed by atoms with Gasteiger partial charge in [-0.3, -0.25) is 14.7 Å². The summed E-state index contributed by atoms with van der Waals surface area (Å²) in [6, 6.07) is 8.50. The van der Waals surface area contributed by atoms with Crippen molar-refractivity contribution in [2.24, 2.45) is 5.10 Å². The average Bonchev–Trinajstić information content (AvgIpc) is 3.43. The van der Waals surface area contributed by atoms with Gasteiger partial charge >= 0.3 is 0 Å². The number of aromatic amines is 1. The summed E-state index contributed by atoms with van der Waals surface area (Å²) in [7, 11) is 3.11. The van der Waals surface area contributed by atoms with Crippen molar-refractivity contribution in [2.45, 2.75) is 0 Å². The minimum atomic E-state index is -0.489. The second-order valence-electron chi connectivity index (χ2n) is 5.72. The van der Waals surface area contributed by atoms with Gasteiger partial charge in [-0.15, -0.1) is 0 Å². The Kier molecular flexibility index (Phi) is 6.25. The van der Waals surface area contributed by atoms with Crippen molar-refractivity contribution in [1.29, 1.82) is 0 Å². The first-order chi connectivity index (χ1) is 14.1. The van der Waals surface area contributed by atoms with E-state index < -0.39 is 11.8 Å². The lowest BCUT2D eigenvalue weighted by molar-refractivity contribution is -0.120. The van der Waals surface area contributed by atoms with Gasteiger partial charge in [-0.05, 0) is 30.3 Å². The Balaban J connectivity index is 1.60. The van der Waals surface area contributed by atoms with E-state index in [-0.39, 0.29) is 12.3 Å². The average molecular weight is 397 g/mol. The summed E-state index contributed by atoms with van der Waals surface area (Å²) in [6.45, 7) is -0.245. The molecule has 29 heavy (non-hydrogen) atoms. The molecule has 1 aromatic carbocycles. The van der Waals surface area contributed by atoms with Crippen molar-refractivity contribution >= 4 is 18.0 Å². The first kappa shape index (κ1) is 19.7. The molecule has 2 aromatic heterocycles. The van der Waals surface area contributed by atoms with Crippen molar-refractivity contribution < 1.29 is 23.5 Å². The predicted molar refractivity (Wildman–Crippen MR) is 104 cm³/mol. The van der Waals surface area contributed by atoms with Crippen molar-refractivity contribution in [3.05, 3.63) is 54.1 Å². The van der Waals surface area contributed by atoms with E-state index in [9.17, 15) is 9.59 Å². The van der Waals surface area contributed by atoms with Crippen molar-refractivity contribution in [2.75, 3.05) is 20.8 Å². The SMILES string of the molecule is COc1ccc(-c2[nH]ncc2C=NNC(=O)CNC(=O)c2ccco2)cc1OC. The standard InChI is InChI=1S/C19H19N5O5/c1-27-14-6-5-12(8-16(14)28-2)18-13(10-22-24-18)9-21-23-17(25)11-20-19(26)15-4-3-7-29-15/h3-10H,11H2,1-2H3,(H,20,26)(H,22,24)(H,23,25). The molecule has 150 valence electrons. The van der Waals surface area contributed by atoms with Gasteiger partial charge in [0.25, 0.3) is 11.8 Å². The van der Waals surface area contributed by atoms with E-state index in [1.54, 1.807) is 38.6 Å². The van der Waals surface area contributed by atoms with Crippen LogP contribution in [-0.2, 0) is 4.79 Å². The number of ether oxygens (including phenoxy) is 2. The Hall–Kier alpha value is -4.08. The fourth-order valence-electron chi connectivity index (χ4n) is 2.49. The lowest BCUT2D eigenvalue weighted by Gasteiger charge is -2.09. The van der Waals surface area contributed by atoms with Crippen LogP contribution in [0.3, 0.4) is 0 Å². The topological polar surface area (TPSA) is 131 Å². The highest BCUT2D eigenvalue weighted by Crippen LogP contribution is 2.32. The number of benzene rings is 1. The van der Waals surface area contributed by atoms with Gasteiger partial charge in [-0.1, -0.05) is 0 Å². The summed E-state index contributed by atoms with van der Waals surface area (Å²) in [5, 5.41) is 13.2. The van der Waals surface area contributed by atoms with E-state index in [1.807, 2.05) is 6.07 Å². The van der Waals surface area contributed by atoms with Crippen LogP contribution in [0.2, 0.25) is 0 Å². The van der Waals surface area contributed by atoms with Crippen LogP contribution in [0.5, 0.6) is 11.5 Å². The molecule has 0 spiro atoms. The minimum absolute atomic E-state index is 0.124. The zero-order valence-corrected chi connectivity index (χ0v) is 15.8. The van der Waals surface area contributed by atoms with Crippen molar-refractivity contribution in [1.82, 2.24) is 20.9 Å². The normalized spacial score (nSPS) is 10.7. The number of amides is 2. The van der Waals surface area contributed by atoms with Crippen LogP contribution in [0.1, 0.15) is 16.1 Å². The van der Waals surface area contributed by atoms with Crippen LogP contribution < -0.4 is 20.2 Å². The smallest absolute Gasteiger partial charge is 0.287 e. The molecule has 0 fully saturated rings. The van der Waals surface area contributed by atoms with E-state index in [2.05, 4.69) is 26.0 Å². The van der Waals surface area contributed by atoms with Gasteiger partial charge in [-0.2, -0.15) is 10.2 Å². The Morgan fingerprint density at radius 2 is 2.07 bits per heavy atom. The Bertz CT molecular complexity index is 1010. The molecule has 0 bridgehead atoms. The van der Waals surface area contributed by atoms with E-state index in [0.29, 0.717) is 22.8 Å². The van der Waals surface area contributed by atoms with Crippen LogP contribution in [0, 0.1) is 0 Å². The Morgan fingerprint density at radius 1 is 1.24 bits per heavy atom. The van der Waals surface area contributed by atoms with Gasteiger partial charge in [0.15, 0.2) is 17.3 Å². The zero-order chi connectivity index (χ0) is 20.6. The number of hydrogen-bond acceptors (Lipinski definition) is 7. The number of aromatic nitrogens is 2. The van der Waals surface area contributed by atoms with Gasteiger partial charge in [-0.25, -0.2) is 5.43 Å². The molecule has 0 saturated carbocycles. The highest BCUT2D eigenvalue weighted by molar-refractivity contribution is 5.94. The largest absolute Gasteiger partial charge is 0.493 e. The van der Waals surface area contributed by atoms with Crippen LogP contribution >= 0.6 is 0 Å². The quantitative estimate of drug-likeness (QED) is 0.391. The Morgan fingerprint density at radius 3 is 2.79 bits per heavy atom. The number of H-pyrrole nitrogens is 1. The molecule has 0 aliphatic heterocycles. The summed E-state index contributed by atoms with van der Waals surface area (Å²) < 4.78 is 15.5. The van der Waals surface area contributed by atoms with Gasteiger partial charge in [0.1, 0.15) is 0 Å². The highest BCUT2D eigenvalue weighted by atomic mass is 16.5. The molecule has 0 atom stereocenters. The van der Waals surface area contributed by atoms with E-state index >= 15 is 0 Å². The number of furan rings is 1. The molecular weight excluding hydrogens is 378 g/mol. The van der Waals surface area contributed by atoms with Crippen molar-refractivity contribution in [3.63, 3.8) is 0 Å². The van der Waals surface area contributed by atoms with Crippen LogP contribution in [0.4, 0.5) is 0 Å². The summed E-state index contributed by atoms with van der Waals surface area (Å²) in [5.41, 5.74) is 4.48. The maximum Gasteiger partial charge on any atom is 0.287 e. The van der Waals surface area contributed by atoms with Gasteiger partial charge in [0.2, 0.25) is 0 Å². The fourth-order valence-corrected chi connectivity index (χ4v) is 2.49. The number of carbonyl (C=O) groups excluding carboxylic acids is 2. The molecule has 10 heteroatoms. The van der Waals surface area contributed by atoms with Crippen molar-refractivity contribution in [3.8, 4) is 22.8 Å². The third-order valence-corrected chi connectivity index (χ3v) is 3.89. The van der Waals surface area contributed by atoms with E-state index in [1.165, 1.54) is 18.5 Å². The summed E-state index contributed by atoms with van der Waals surface area (Å²) in [5.74, 6) is 0.328. The molecule has 0 aliphatic rings. The van der Waals surface area contributed by atoms with Gasteiger partial charge in [0.05, 0.1) is 45.1 Å². The summed E-state index contributed by atoms with van der Waals surface area (Å²) in [6.07, 6.45) is 4.39. The molecule has 10 nitrogen and oxygen atoms in total. The number of nitrogens with zero attached hydrogens (tertiary/aromatic N) is 2. The second kappa shape index (κ2) is 9.22. The molecule has 0 unspecified atom stereocenters. The van der Waals surface area contributed by atoms with Crippen LogP contribution in [0.25, 0.3) is 11.3 Å². The molecular formula is C19H19N5O5. The van der Waals surface area contributed by atoms with Gasteiger partial charge < -0.3 is 19.2 Å². The first-order valence-electron chi connectivity index (χ1n) is 8.51. The number of hydrogen-bond donors (Lipinski definition) is 3. The maximum atomic E-state index is 11.8. The van der Waals surface area contributed by atoms with E-state index in [4.69, 9.17) is 13.9 Å². The Labute approximate surface area is 165 Å². The molecule has 3 N–H and O–H groups in total. The first-order valence-corrected chi connectivity index (χ1v) is 8.51. The third-order valence-electron chi connectivity index (χ3n) is 3.89. The monoisotopic (exact) mass is 397 g/mol. The number of hydrazone groups is 1. The lowest BCUT2D eigenvalue weighted by Crippen LogP contribution is -2.34. The fraction of sp³-hybridized carbons (Fsp3) is 0.158. The van der Waals surface area contributed by atoms with Crippen LogP contribution in [0.15, 0.2) is 52.3 Å². The number of nitrogens with one attached hydrogen (secondary N) is 3. The lowest BCUT2D eigenvalue weighted by atomic mass is 10.1. The molecule has 2 amide bonds. The molecule has 0 saturated heterocycles. The third kappa shape index (κ3) is 4.80. The van der Waals surface area contributed by atoms with Crippen LogP contribution in [-0.4, -0.2) is 49.0 Å². The van der Waals surface area contributed by atoms with E-state index in [0.717, 1.165) is 5.56 Å². The molecule has 3 aromatic rings. The molecule has 2 heterocycles. The van der Waals surface area contributed by atoms with Gasteiger partial charge in [0, 0.05) is 11.1 Å². The molecule has 0 radical (unpaired) electrons. The highest BCUT2D eigenvalue weighted by Gasteiger charge is 2.11.